The standard InChI is InChI=1S/C17H26N6O/c1-12-15(8-18-21(12)3)9-22-6-7-23-16(11-24-10-14-4-5-14)19-20-17(23)13(22)2/h8,13-14H,4-7,9-11H2,1-3H3. The van der Waals surface area contributed by atoms with Gasteiger partial charge in [-0.25, -0.2) is 0 Å². The van der Waals surface area contributed by atoms with Gasteiger partial charge in [-0.2, -0.15) is 5.10 Å². The molecule has 0 aromatic carbocycles. The first-order valence-corrected chi connectivity index (χ1v) is 8.84. The number of nitrogens with zero attached hydrogens (tertiary/aromatic N) is 6. The van der Waals surface area contributed by atoms with Crippen LogP contribution >= 0.6 is 0 Å². The van der Waals surface area contributed by atoms with Crippen molar-refractivity contribution in [3.8, 4) is 0 Å². The third-order valence-electron chi connectivity index (χ3n) is 5.38. The molecular formula is C17H26N6O. The lowest BCUT2D eigenvalue weighted by Crippen LogP contribution is -2.37. The van der Waals surface area contributed by atoms with Crippen molar-refractivity contribution < 1.29 is 4.74 Å². The van der Waals surface area contributed by atoms with Crippen molar-refractivity contribution in [2.24, 2.45) is 13.0 Å². The van der Waals surface area contributed by atoms with Gasteiger partial charge in [0.05, 0.1) is 12.2 Å². The van der Waals surface area contributed by atoms with Crippen LogP contribution in [0.2, 0.25) is 0 Å². The monoisotopic (exact) mass is 330 g/mol. The van der Waals surface area contributed by atoms with Gasteiger partial charge in [-0.1, -0.05) is 0 Å². The van der Waals surface area contributed by atoms with E-state index in [1.807, 2.05) is 17.9 Å². The maximum absolute atomic E-state index is 5.80. The van der Waals surface area contributed by atoms with Gasteiger partial charge >= 0.3 is 0 Å². The summed E-state index contributed by atoms with van der Waals surface area (Å²) in [5.74, 6) is 2.80. The molecule has 1 aliphatic carbocycles. The molecule has 24 heavy (non-hydrogen) atoms. The molecule has 7 heteroatoms. The first-order chi connectivity index (χ1) is 11.6. The molecule has 0 spiro atoms. The maximum atomic E-state index is 5.80. The Kier molecular flexibility index (Phi) is 4.14. The number of rotatable bonds is 6. The van der Waals surface area contributed by atoms with Crippen LogP contribution in [0.15, 0.2) is 6.20 Å². The number of aromatic nitrogens is 5. The Balaban J connectivity index is 1.43. The van der Waals surface area contributed by atoms with E-state index in [2.05, 4.69) is 38.6 Å². The zero-order valence-corrected chi connectivity index (χ0v) is 14.8. The average molecular weight is 330 g/mol. The van der Waals surface area contributed by atoms with E-state index in [-0.39, 0.29) is 6.04 Å². The van der Waals surface area contributed by atoms with Crippen LogP contribution in [0.4, 0.5) is 0 Å². The summed E-state index contributed by atoms with van der Waals surface area (Å²) >= 11 is 0. The van der Waals surface area contributed by atoms with Gasteiger partial charge in [0.15, 0.2) is 5.82 Å². The fourth-order valence-corrected chi connectivity index (χ4v) is 3.33. The zero-order valence-electron chi connectivity index (χ0n) is 14.8. The van der Waals surface area contributed by atoms with Crippen molar-refractivity contribution in [2.75, 3.05) is 13.2 Å². The third kappa shape index (κ3) is 2.98. The van der Waals surface area contributed by atoms with Crippen LogP contribution in [0.25, 0.3) is 0 Å². The summed E-state index contributed by atoms with van der Waals surface area (Å²) in [6.45, 7) is 8.60. The first kappa shape index (κ1) is 15.8. The number of ether oxygens (including phenoxy) is 1. The van der Waals surface area contributed by atoms with E-state index in [1.54, 1.807) is 0 Å². The molecule has 1 atom stereocenters. The van der Waals surface area contributed by atoms with Crippen LogP contribution in [0.3, 0.4) is 0 Å². The smallest absolute Gasteiger partial charge is 0.159 e. The minimum absolute atomic E-state index is 0.253. The van der Waals surface area contributed by atoms with Crippen LogP contribution in [0, 0.1) is 12.8 Å². The molecule has 3 heterocycles. The molecule has 1 unspecified atom stereocenters. The highest BCUT2D eigenvalue weighted by molar-refractivity contribution is 5.16. The van der Waals surface area contributed by atoms with Gasteiger partial charge in [-0.05, 0) is 32.6 Å². The van der Waals surface area contributed by atoms with Gasteiger partial charge < -0.3 is 9.30 Å². The minimum atomic E-state index is 0.253. The first-order valence-electron chi connectivity index (χ1n) is 8.84. The lowest BCUT2D eigenvalue weighted by molar-refractivity contribution is 0.0986. The van der Waals surface area contributed by atoms with Gasteiger partial charge in [-0.15, -0.1) is 10.2 Å². The molecule has 0 N–H and O–H groups in total. The highest BCUT2D eigenvalue weighted by Gasteiger charge is 2.29. The molecule has 0 saturated heterocycles. The minimum Gasteiger partial charge on any atom is -0.373 e. The van der Waals surface area contributed by atoms with Gasteiger partial charge in [0.1, 0.15) is 12.4 Å². The number of hydrogen-bond acceptors (Lipinski definition) is 5. The fraction of sp³-hybridized carbons (Fsp3) is 0.706. The third-order valence-corrected chi connectivity index (χ3v) is 5.38. The van der Waals surface area contributed by atoms with Gasteiger partial charge in [0.25, 0.3) is 0 Å². The van der Waals surface area contributed by atoms with E-state index in [4.69, 9.17) is 4.74 Å². The molecule has 130 valence electrons. The Morgan fingerprint density at radius 2 is 2.08 bits per heavy atom. The van der Waals surface area contributed by atoms with Crippen LogP contribution in [-0.4, -0.2) is 42.6 Å². The van der Waals surface area contributed by atoms with Crippen molar-refractivity contribution >= 4 is 0 Å². The summed E-state index contributed by atoms with van der Waals surface area (Å²) in [6, 6.07) is 0.253. The summed E-state index contributed by atoms with van der Waals surface area (Å²) in [5.41, 5.74) is 2.51. The van der Waals surface area contributed by atoms with Gasteiger partial charge in [0, 0.05) is 44.5 Å². The summed E-state index contributed by atoms with van der Waals surface area (Å²) < 4.78 is 9.97. The summed E-state index contributed by atoms with van der Waals surface area (Å²) in [7, 11) is 1.99. The molecule has 0 amide bonds. The van der Waals surface area contributed by atoms with Gasteiger partial charge in [0.2, 0.25) is 0 Å². The molecule has 0 bridgehead atoms. The Morgan fingerprint density at radius 1 is 1.25 bits per heavy atom. The Bertz CT molecular complexity index is 717. The van der Waals surface area contributed by atoms with Crippen molar-refractivity contribution in [3.63, 3.8) is 0 Å². The SMILES string of the molecule is Cc1c(CN2CCn3c(COCC4CC4)nnc3C2C)cnn1C. The quantitative estimate of drug-likeness (QED) is 0.808. The normalized spacial score (nSPS) is 21.2. The highest BCUT2D eigenvalue weighted by Crippen LogP contribution is 2.30. The number of hydrogen-bond donors (Lipinski definition) is 0. The summed E-state index contributed by atoms with van der Waals surface area (Å²) in [6.07, 6.45) is 4.61. The Labute approximate surface area is 142 Å². The van der Waals surface area contributed by atoms with Crippen LogP contribution in [-0.2, 0) is 31.5 Å². The lowest BCUT2D eigenvalue weighted by Gasteiger charge is -2.33. The second-order valence-electron chi connectivity index (χ2n) is 7.11. The largest absolute Gasteiger partial charge is 0.373 e. The van der Waals surface area contributed by atoms with Crippen LogP contribution in [0.5, 0.6) is 0 Å². The highest BCUT2D eigenvalue weighted by atomic mass is 16.5. The van der Waals surface area contributed by atoms with E-state index in [0.29, 0.717) is 6.61 Å². The fourth-order valence-electron chi connectivity index (χ4n) is 3.33. The van der Waals surface area contributed by atoms with Crippen molar-refractivity contribution in [1.82, 2.24) is 29.4 Å². The average Bonchev–Trinajstić information content (AvgIpc) is 3.23. The van der Waals surface area contributed by atoms with Crippen LogP contribution in [0.1, 0.15) is 48.7 Å². The van der Waals surface area contributed by atoms with E-state index < -0.39 is 0 Å². The topological polar surface area (TPSA) is 61.0 Å². The zero-order chi connectivity index (χ0) is 16.7. The van der Waals surface area contributed by atoms with Gasteiger partial charge in [-0.3, -0.25) is 9.58 Å². The predicted molar refractivity (Wildman–Crippen MR) is 89.2 cm³/mol. The number of aryl methyl sites for hydroxylation is 1. The van der Waals surface area contributed by atoms with E-state index >= 15 is 0 Å². The molecule has 1 fully saturated rings. The molecule has 2 aromatic heterocycles. The Hall–Kier alpha value is -1.73. The van der Waals surface area contributed by atoms with E-state index in [9.17, 15) is 0 Å². The van der Waals surface area contributed by atoms with E-state index in [1.165, 1.54) is 24.1 Å². The molecule has 2 aromatic rings. The summed E-state index contributed by atoms with van der Waals surface area (Å²) in [5, 5.41) is 13.2. The Morgan fingerprint density at radius 3 is 2.79 bits per heavy atom. The maximum Gasteiger partial charge on any atom is 0.159 e. The summed E-state index contributed by atoms with van der Waals surface area (Å²) in [4.78, 5) is 2.45. The van der Waals surface area contributed by atoms with Crippen molar-refractivity contribution in [1.29, 1.82) is 0 Å². The predicted octanol–water partition coefficient (Wildman–Crippen LogP) is 1.82. The molecule has 0 radical (unpaired) electrons. The van der Waals surface area contributed by atoms with Crippen molar-refractivity contribution in [2.45, 2.75) is 52.4 Å². The van der Waals surface area contributed by atoms with Crippen molar-refractivity contribution in [3.05, 3.63) is 29.1 Å². The molecular weight excluding hydrogens is 304 g/mol. The van der Waals surface area contributed by atoms with E-state index in [0.717, 1.165) is 43.8 Å². The molecule has 1 aliphatic heterocycles. The molecule has 4 rings (SSSR count). The van der Waals surface area contributed by atoms with Crippen LogP contribution < -0.4 is 0 Å². The molecule has 7 nitrogen and oxygen atoms in total. The molecule has 2 aliphatic rings. The second kappa shape index (κ2) is 6.29. The second-order valence-corrected chi connectivity index (χ2v) is 7.11. The lowest BCUT2D eigenvalue weighted by atomic mass is 10.1. The number of fused-ring (bicyclic) bond motifs is 1. The molecule has 1 saturated carbocycles.